The molecule has 192 valence electrons. The Kier molecular flexibility index (Phi) is 6.30. The van der Waals surface area contributed by atoms with Gasteiger partial charge in [0.15, 0.2) is 0 Å². The van der Waals surface area contributed by atoms with Crippen LogP contribution >= 0.6 is 0 Å². The second-order valence-electron chi connectivity index (χ2n) is 10.3. The molecule has 3 atom stereocenters. The van der Waals surface area contributed by atoms with Gasteiger partial charge in [-0.1, -0.05) is 19.9 Å². The Morgan fingerprint density at radius 3 is 2.62 bits per heavy atom. The van der Waals surface area contributed by atoms with E-state index in [1.54, 1.807) is 37.5 Å². The summed E-state index contributed by atoms with van der Waals surface area (Å²) in [5.74, 6) is -4.98. The molecular weight excluding hydrogens is 477 g/mol. The van der Waals surface area contributed by atoms with Gasteiger partial charge in [-0.25, -0.2) is 9.37 Å². The minimum atomic E-state index is -3.75. The molecule has 0 spiro atoms. The van der Waals surface area contributed by atoms with E-state index in [1.807, 2.05) is 25.1 Å². The van der Waals surface area contributed by atoms with Crippen molar-refractivity contribution in [2.75, 3.05) is 11.9 Å². The number of carbonyl (C=O) groups excluding carboxylic acids is 1. The number of pyridine rings is 2. The second kappa shape index (κ2) is 9.32. The summed E-state index contributed by atoms with van der Waals surface area (Å²) in [5.41, 5.74) is 10.1. The number of halogens is 3. The first-order valence-corrected chi connectivity index (χ1v) is 12.4. The van der Waals surface area contributed by atoms with Crippen LogP contribution in [-0.4, -0.2) is 28.3 Å². The zero-order chi connectivity index (χ0) is 26.5. The van der Waals surface area contributed by atoms with E-state index in [1.165, 1.54) is 0 Å². The highest BCUT2D eigenvalue weighted by atomic mass is 19.3. The van der Waals surface area contributed by atoms with Crippen LogP contribution in [0.25, 0.3) is 27.7 Å². The maximum atomic E-state index is 15.1. The lowest BCUT2D eigenvalue weighted by Crippen LogP contribution is -2.41. The number of alkyl halides is 2. The molecule has 0 radical (unpaired) electrons. The number of amides is 1. The van der Waals surface area contributed by atoms with Gasteiger partial charge < -0.3 is 11.1 Å². The third-order valence-electron chi connectivity index (χ3n) is 7.35. The largest absolute Gasteiger partial charge is 0.378 e. The smallest absolute Gasteiger partial charge is 0.341 e. The summed E-state index contributed by atoms with van der Waals surface area (Å²) in [5, 5.41) is 3.40. The summed E-state index contributed by atoms with van der Waals surface area (Å²) < 4.78 is 43.6. The Labute approximate surface area is 213 Å². The number of anilines is 1. The first-order chi connectivity index (χ1) is 17.6. The Hall–Kier alpha value is -3.68. The average Bonchev–Trinajstić information content (AvgIpc) is 3.59. The van der Waals surface area contributed by atoms with Gasteiger partial charge in [0.1, 0.15) is 5.83 Å². The highest BCUT2D eigenvalue weighted by Gasteiger charge is 2.38. The van der Waals surface area contributed by atoms with Crippen LogP contribution in [0.1, 0.15) is 49.3 Å². The van der Waals surface area contributed by atoms with Crippen molar-refractivity contribution in [1.29, 1.82) is 0 Å². The number of fused-ring (bicyclic) bond motifs is 1. The molecule has 0 aliphatic heterocycles. The Morgan fingerprint density at radius 1 is 1.24 bits per heavy atom. The molecule has 0 saturated heterocycles. The monoisotopic (exact) mass is 506 g/mol. The van der Waals surface area contributed by atoms with Crippen molar-refractivity contribution in [3.8, 4) is 11.3 Å². The zero-order valence-electron chi connectivity index (χ0n) is 21.0. The fraction of sp³-hybridized carbons (Fsp3) is 0.345. The Morgan fingerprint density at radius 2 is 2.00 bits per heavy atom. The van der Waals surface area contributed by atoms with E-state index in [0.717, 1.165) is 17.5 Å². The van der Waals surface area contributed by atoms with E-state index in [9.17, 15) is 13.6 Å². The normalized spacial score (nSPS) is 21.4. The molecule has 1 saturated carbocycles. The van der Waals surface area contributed by atoms with Gasteiger partial charge in [-0.15, -0.1) is 0 Å². The molecule has 3 N–H and O–H groups in total. The van der Waals surface area contributed by atoms with Gasteiger partial charge in [0.2, 0.25) is 0 Å². The van der Waals surface area contributed by atoms with Crippen LogP contribution in [0.15, 0.2) is 54.6 Å². The molecule has 2 aliphatic carbocycles. The lowest BCUT2D eigenvalue weighted by molar-refractivity contribution is -0.139. The van der Waals surface area contributed by atoms with E-state index >= 15 is 4.39 Å². The number of primary amides is 1. The number of nitrogens with one attached hydrogen (secondary N) is 1. The number of nitrogens with zero attached hydrogens (tertiary/aromatic N) is 2. The zero-order valence-corrected chi connectivity index (χ0v) is 21.0. The quantitative estimate of drug-likeness (QED) is 0.381. The van der Waals surface area contributed by atoms with Crippen molar-refractivity contribution in [1.82, 2.24) is 9.97 Å². The molecule has 2 aromatic heterocycles. The molecule has 5 nitrogen and oxygen atoms in total. The number of rotatable bonds is 7. The van der Waals surface area contributed by atoms with Crippen molar-refractivity contribution in [2.45, 2.75) is 45.5 Å². The van der Waals surface area contributed by atoms with Crippen LogP contribution in [0.2, 0.25) is 0 Å². The van der Waals surface area contributed by atoms with Crippen LogP contribution in [0, 0.1) is 18.8 Å². The van der Waals surface area contributed by atoms with E-state index < -0.39 is 18.4 Å². The molecule has 1 aromatic carbocycles. The first-order valence-electron chi connectivity index (χ1n) is 12.4. The van der Waals surface area contributed by atoms with Gasteiger partial charge in [-0.05, 0) is 84.6 Å². The molecule has 3 unspecified atom stereocenters. The molecule has 2 heterocycles. The number of allylic oxidation sites excluding steroid dienone is 4. The molecule has 1 amide bonds. The van der Waals surface area contributed by atoms with Crippen LogP contribution in [0.4, 0.5) is 18.9 Å². The van der Waals surface area contributed by atoms with Crippen LogP contribution in [0.5, 0.6) is 0 Å². The Bertz CT molecular complexity index is 1450. The lowest BCUT2D eigenvalue weighted by atomic mass is 9.89. The Balaban J connectivity index is 1.76. The van der Waals surface area contributed by atoms with Crippen molar-refractivity contribution >= 4 is 28.1 Å². The predicted octanol–water partition coefficient (Wildman–Crippen LogP) is 6.54. The van der Waals surface area contributed by atoms with E-state index in [0.29, 0.717) is 51.3 Å². The topological polar surface area (TPSA) is 80.9 Å². The molecule has 3 aromatic rings. The molecule has 2 aliphatic rings. The molecule has 1 fully saturated rings. The van der Waals surface area contributed by atoms with Crippen LogP contribution in [-0.2, 0) is 4.79 Å². The maximum Gasteiger partial charge on any atom is 0.341 e. The summed E-state index contributed by atoms with van der Waals surface area (Å²) >= 11 is 0. The van der Waals surface area contributed by atoms with Crippen LogP contribution in [0.3, 0.4) is 0 Å². The van der Waals surface area contributed by atoms with Gasteiger partial charge in [-0.2, -0.15) is 8.78 Å². The molecular formula is C29H29F3N4O. The van der Waals surface area contributed by atoms with Gasteiger partial charge in [-0.3, -0.25) is 9.78 Å². The average molecular weight is 507 g/mol. The van der Waals surface area contributed by atoms with Gasteiger partial charge in [0.25, 0.3) is 5.91 Å². The van der Waals surface area contributed by atoms with E-state index in [4.69, 9.17) is 10.7 Å². The summed E-state index contributed by atoms with van der Waals surface area (Å²) in [7, 11) is 0. The second-order valence-corrected chi connectivity index (χ2v) is 10.3. The van der Waals surface area contributed by atoms with Gasteiger partial charge >= 0.3 is 5.92 Å². The third-order valence-corrected chi connectivity index (χ3v) is 7.35. The van der Waals surface area contributed by atoms with Crippen molar-refractivity contribution in [3.05, 3.63) is 71.3 Å². The van der Waals surface area contributed by atoms with Crippen molar-refractivity contribution in [2.24, 2.45) is 17.6 Å². The fourth-order valence-electron chi connectivity index (χ4n) is 5.04. The molecule has 37 heavy (non-hydrogen) atoms. The van der Waals surface area contributed by atoms with E-state index in [2.05, 4.69) is 17.2 Å². The van der Waals surface area contributed by atoms with Crippen LogP contribution < -0.4 is 11.1 Å². The number of hydrogen-bond acceptors (Lipinski definition) is 4. The highest BCUT2D eigenvalue weighted by Crippen LogP contribution is 2.51. The lowest BCUT2D eigenvalue weighted by Gasteiger charge is -2.22. The fourth-order valence-corrected chi connectivity index (χ4v) is 5.04. The molecule has 8 heteroatoms. The SMILES string of the molecule is Cc1c(-c2cccnc2)nc2c(C3CC3C)cc(C3=CCC(C)C=C3F)cc2c1NCC(F)(F)C(N)=O. The number of hydrogen-bond donors (Lipinski definition) is 2. The molecule has 0 bridgehead atoms. The molecule has 5 rings (SSSR count). The summed E-state index contributed by atoms with van der Waals surface area (Å²) in [6.07, 6.45) is 8.50. The first kappa shape index (κ1) is 25.0. The summed E-state index contributed by atoms with van der Waals surface area (Å²) in [6.45, 7) is 4.92. The van der Waals surface area contributed by atoms with Crippen molar-refractivity contribution < 1.29 is 18.0 Å². The summed E-state index contributed by atoms with van der Waals surface area (Å²) in [6, 6.07) is 7.44. The third kappa shape index (κ3) is 4.72. The number of aromatic nitrogens is 2. The summed E-state index contributed by atoms with van der Waals surface area (Å²) in [4.78, 5) is 20.6. The van der Waals surface area contributed by atoms with E-state index in [-0.39, 0.29) is 17.7 Å². The minimum absolute atomic E-state index is 0.103. The highest BCUT2D eigenvalue weighted by molar-refractivity contribution is 6.01. The minimum Gasteiger partial charge on any atom is -0.378 e. The van der Waals surface area contributed by atoms with Gasteiger partial charge in [0, 0.05) is 34.6 Å². The van der Waals surface area contributed by atoms with Crippen molar-refractivity contribution in [3.63, 3.8) is 0 Å². The number of carbonyl (C=O) groups is 1. The standard InChI is InChI=1S/C29H29F3N4O/c1-15-6-7-20(24(30)9-15)19-11-22(21-10-16(21)2)27-23(12-19)26(35-14-29(31,32)28(33)37)17(3)25(36-27)18-5-4-8-34-13-18/h4-5,7-9,11-13,15-16,21H,6,10,14H2,1-3H3,(H2,33,37)(H,35,36). The number of benzene rings is 1. The predicted molar refractivity (Wildman–Crippen MR) is 140 cm³/mol. The van der Waals surface area contributed by atoms with Gasteiger partial charge in [0.05, 0.1) is 17.8 Å². The number of nitrogens with two attached hydrogens (primary N) is 1. The maximum absolute atomic E-state index is 15.1.